The van der Waals surface area contributed by atoms with Crippen molar-refractivity contribution in [3.05, 3.63) is 52.9 Å². The molecular formula is C22H24N4O4S. The quantitative estimate of drug-likeness (QED) is 0.446. The number of oxazole rings is 1. The predicted molar refractivity (Wildman–Crippen MR) is 119 cm³/mol. The number of carbonyl (C=O) groups excluding carboxylic acids is 1. The second-order valence-electron chi connectivity index (χ2n) is 7.95. The number of nitrogens with zero attached hydrogens (tertiary/aromatic N) is 3. The lowest BCUT2D eigenvalue weighted by atomic mass is 10.1. The number of aryl methyl sites for hydroxylation is 1. The van der Waals surface area contributed by atoms with Gasteiger partial charge in [-0.05, 0) is 43.7 Å². The maximum Gasteiger partial charge on any atom is 0.268 e. The number of methoxy groups -OCH3 is 1. The van der Waals surface area contributed by atoms with Gasteiger partial charge in [0.1, 0.15) is 0 Å². The average Bonchev–Trinajstić information content (AvgIpc) is 3.40. The molecule has 0 saturated carbocycles. The van der Waals surface area contributed by atoms with Crippen molar-refractivity contribution in [1.29, 1.82) is 0 Å². The number of aliphatic hydroxyl groups is 1. The number of hydrogen-bond donors (Lipinski definition) is 2. The van der Waals surface area contributed by atoms with E-state index < -0.39 is 5.60 Å². The molecule has 0 aliphatic heterocycles. The number of hydrogen-bond acceptors (Lipinski definition) is 7. The molecule has 3 heterocycles. The van der Waals surface area contributed by atoms with Crippen LogP contribution >= 0.6 is 11.3 Å². The Hall–Kier alpha value is -3.01. The van der Waals surface area contributed by atoms with Gasteiger partial charge in [0, 0.05) is 14.0 Å². The summed E-state index contributed by atoms with van der Waals surface area (Å²) in [5.41, 5.74) is 1.53. The minimum Gasteiger partial charge on any atom is -0.440 e. The molecule has 4 aromatic rings. The zero-order chi connectivity index (χ0) is 22.2. The zero-order valence-corrected chi connectivity index (χ0v) is 18.6. The lowest BCUT2D eigenvalue weighted by Gasteiger charge is -2.20. The smallest absolute Gasteiger partial charge is 0.268 e. The second kappa shape index (κ2) is 8.26. The van der Waals surface area contributed by atoms with Gasteiger partial charge in [0.05, 0.1) is 45.7 Å². The molecule has 162 valence electrons. The van der Waals surface area contributed by atoms with Crippen molar-refractivity contribution in [2.24, 2.45) is 0 Å². The monoisotopic (exact) mass is 440 g/mol. The van der Waals surface area contributed by atoms with Crippen LogP contribution in [-0.4, -0.2) is 38.3 Å². The molecule has 8 nitrogen and oxygen atoms in total. The number of fused-ring (bicyclic) bond motifs is 1. The van der Waals surface area contributed by atoms with Crippen LogP contribution in [0, 0.1) is 6.92 Å². The van der Waals surface area contributed by atoms with Crippen molar-refractivity contribution in [2.45, 2.75) is 39.5 Å². The van der Waals surface area contributed by atoms with E-state index in [0.717, 1.165) is 21.5 Å². The third-order valence-corrected chi connectivity index (χ3v) is 5.69. The summed E-state index contributed by atoms with van der Waals surface area (Å²) in [7, 11) is 1.64. The first-order valence-electron chi connectivity index (χ1n) is 9.78. The molecule has 0 atom stereocenters. The van der Waals surface area contributed by atoms with E-state index in [2.05, 4.69) is 15.3 Å². The number of amides is 1. The summed E-state index contributed by atoms with van der Waals surface area (Å²) in [5.74, 6) is 1.29. The molecule has 4 rings (SSSR count). The number of imidazole rings is 1. The Balaban J connectivity index is 1.65. The van der Waals surface area contributed by atoms with Crippen LogP contribution in [0.2, 0.25) is 0 Å². The number of ether oxygens (including phenoxy) is 1. The molecular weight excluding hydrogens is 416 g/mol. The highest BCUT2D eigenvalue weighted by Gasteiger charge is 2.22. The lowest BCUT2D eigenvalue weighted by molar-refractivity contribution is 0.0630. The van der Waals surface area contributed by atoms with Gasteiger partial charge < -0.3 is 18.8 Å². The first-order valence-corrected chi connectivity index (χ1v) is 10.6. The van der Waals surface area contributed by atoms with Crippen LogP contribution in [0.25, 0.3) is 21.7 Å². The Labute approximate surface area is 183 Å². The van der Waals surface area contributed by atoms with Crippen LogP contribution < -0.4 is 5.32 Å². The van der Waals surface area contributed by atoms with Gasteiger partial charge in [0.2, 0.25) is 5.95 Å². The van der Waals surface area contributed by atoms with Crippen LogP contribution in [0.1, 0.15) is 35.0 Å². The van der Waals surface area contributed by atoms with E-state index in [1.54, 1.807) is 40.1 Å². The predicted octanol–water partition coefficient (Wildman–Crippen LogP) is 4.23. The summed E-state index contributed by atoms with van der Waals surface area (Å²) < 4.78 is 12.6. The molecule has 0 aliphatic rings. The molecule has 0 unspecified atom stereocenters. The SMILES string of the molecule is COCc1ccc2c(c1)nc(NC(=O)c1ccc(-c3cnc(C)o3)s1)n2CC(C)(C)O. The van der Waals surface area contributed by atoms with E-state index in [1.165, 1.54) is 11.3 Å². The largest absolute Gasteiger partial charge is 0.440 e. The molecule has 0 spiro atoms. The van der Waals surface area contributed by atoms with E-state index in [-0.39, 0.29) is 12.5 Å². The van der Waals surface area contributed by atoms with E-state index in [9.17, 15) is 9.90 Å². The summed E-state index contributed by atoms with van der Waals surface area (Å²) in [6.45, 7) is 5.95. The molecule has 0 aliphatic carbocycles. The highest BCUT2D eigenvalue weighted by atomic mass is 32.1. The Morgan fingerprint density at radius 1 is 1.32 bits per heavy atom. The topological polar surface area (TPSA) is 102 Å². The summed E-state index contributed by atoms with van der Waals surface area (Å²) in [6, 6.07) is 9.37. The van der Waals surface area contributed by atoms with Gasteiger partial charge in [-0.2, -0.15) is 0 Å². The summed E-state index contributed by atoms with van der Waals surface area (Å²) in [6.07, 6.45) is 1.64. The van der Waals surface area contributed by atoms with Crippen molar-refractivity contribution in [2.75, 3.05) is 12.4 Å². The number of rotatable bonds is 7. The van der Waals surface area contributed by atoms with Crippen LogP contribution in [0.5, 0.6) is 0 Å². The maximum atomic E-state index is 12.9. The maximum absolute atomic E-state index is 12.9. The third kappa shape index (κ3) is 4.68. The minimum atomic E-state index is -0.988. The van der Waals surface area contributed by atoms with Crippen LogP contribution in [0.15, 0.2) is 40.9 Å². The number of aromatic nitrogens is 3. The Morgan fingerprint density at radius 2 is 2.13 bits per heavy atom. The standard InChI is InChI=1S/C22H24N4O4S/c1-13-23-10-17(30-13)18-7-8-19(31-18)20(27)25-21-24-15-9-14(11-29-4)5-6-16(15)26(21)12-22(2,3)28/h5-10,28H,11-12H2,1-4H3,(H,24,25,27). The molecule has 9 heteroatoms. The van der Waals surface area contributed by atoms with Crippen molar-refractivity contribution >= 4 is 34.2 Å². The van der Waals surface area contributed by atoms with E-state index in [0.29, 0.717) is 29.1 Å². The van der Waals surface area contributed by atoms with Crippen molar-refractivity contribution in [3.8, 4) is 10.6 Å². The van der Waals surface area contributed by atoms with Gasteiger partial charge >= 0.3 is 0 Å². The summed E-state index contributed by atoms with van der Waals surface area (Å²) in [5, 5.41) is 13.3. The number of benzene rings is 1. The molecule has 2 N–H and O–H groups in total. The van der Waals surface area contributed by atoms with E-state index >= 15 is 0 Å². The molecule has 31 heavy (non-hydrogen) atoms. The highest BCUT2D eigenvalue weighted by molar-refractivity contribution is 7.17. The normalized spacial score (nSPS) is 11.9. The second-order valence-corrected chi connectivity index (χ2v) is 9.04. The molecule has 1 amide bonds. The summed E-state index contributed by atoms with van der Waals surface area (Å²) >= 11 is 1.31. The zero-order valence-electron chi connectivity index (χ0n) is 17.8. The first-order chi connectivity index (χ1) is 14.7. The fourth-order valence-corrected chi connectivity index (χ4v) is 4.15. The molecule has 0 saturated heterocycles. The number of carbonyl (C=O) groups is 1. The van der Waals surface area contributed by atoms with Crippen LogP contribution in [-0.2, 0) is 17.9 Å². The molecule has 0 radical (unpaired) electrons. The van der Waals surface area contributed by atoms with Gasteiger partial charge in [-0.3, -0.25) is 10.1 Å². The Bertz CT molecular complexity index is 1230. The Kier molecular flexibility index (Phi) is 5.65. The summed E-state index contributed by atoms with van der Waals surface area (Å²) in [4.78, 5) is 23.0. The van der Waals surface area contributed by atoms with Crippen LogP contribution in [0.4, 0.5) is 5.95 Å². The molecule has 0 bridgehead atoms. The van der Waals surface area contributed by atoms with E-state index in [4.69, 9.17) is 9.15 Å². The third-order valence-electron chi connectivity index (χ3n) is 4.59. The number of anilines is 1. The minimum absolute atomic E-state index is 0.274. The molecule has 3 aromatic heterocycles. The fourth-order valence-electron chi connectivity index (χ4n) is 3.30. The fraction of sp³-hybridized carbons (Fsp3) is 0.318. The Morgan fingerprint density at radius 3 is 2.81 bits per heavy atom. The van der Waals surface area contributed by atoms with Crippen molar-refractivity contribution < 1.29 is 19.1 Å². The lowest BCUT2D eigenvalue weighted by Crippen LogP contribution is -2.27. The molecule has 0 fully saturated rings. The van der Waals surface area contributed by atoms with Gasteiger partial charge in [-0.1, -0.05) is 6.07 Å². The van der Waals surface area contributed by atoms with E-state index in [1.807, 2.05) is 28.8 Å². The van der Waals surface area contributed by atoms with Gasteiger partial charge in [0.25, 0.3) is 5.91 Å². The van der Waals surface area contributed by atoms with Crippen LogP contribution in [0.3, 0.4) is 0 Å². The van der Waals surface area contributed by atoms with Crippen molar-refractivity contribution in [3.63, 3.8) is 0 Å². The highest BCUT2D eigenvalue weighted by Crippen LogP contribution is 2.30. The average molecular weight is 441 g/mol. The molecule has 1 aromatic carbocycles. The van der Waals surface area contributed by atoms with Gasteiger partial charge in [0.15, 0.2) is 11.7 Å². The number of thiophene rings is 1. The van der Waals surface area contributed by atoms with Gasteiger partial charge in [-0.15, -0.1) is 11.3 Å². The van der Waals surface area contributed by atoms with Gasteiger partial charge in [-0.25, -0.2) is 9.97 Å². The number of nitrogens with one attached hydrogen (secondary N) is 1. The van der Waals surface area contributed by atoms with Crippen molar-refractivity contribution in [1.82, 2.24) is 14.5 Å². The first kappa shape index (κ1) is 21.2.